The molecule has 1 aliphatic rings. The van der Waals surface area contributed by atoms with Crippen LogP contribution in [-0.4, -0.2) is 24.5 Å². The van der Waals surface area contributed by atoms with E-state index in [0.29, 0.717) is 12.1 Å². The lowest BCUT2D eigenvalue weighted by atomic mass is 9.84. The highest BCUT2D eigenvalue weighted by Crippen LogP contribution is 2.23. The number of benzene rings is 1. The van der Waals surface area contributed by atoms with Crippen LogP contribution in [0.5, 0.6) is 0 Å². The Morgan fingerprint density at radius 2 is 2.00 bits per heavy atom. The molecule has 0 spiro atoms. The maximum Gasteiger partial charge on any atom is 0.226 e. The highest BCUT2D eigenvalue weighted by atomic mass is 35.5. The van der Waals surface area contributed by atoms with Crippen molar-refractivity contribution in [1.82, 2.24) is 10.6 Å². The van der Waals surface area contributed by atoms with Gasteiger partial charge in [0.25, 0.3) is 0 Å². The molecule has 1 aromatic rings. The number of hydrogen-bond donors (Lipinski definition) is 2. The maximum atomic E-state index is 12.5. The minimum absolute atomic E-state index is 0. The van der Waals surface area contributed by atoms with Gasteiger partial charge in [-0.3, -0.25) is 4.79 Å². The fourth-order valence-electron chi connectivity index (χ4n) is 2.83. The van der Waals surface area contributed by atoms with Gasteiger partial charge in [-0.2, -0.15) is 0 Å². The molecule has 0 aromatic heterocycles. The average molecular weight is 311 g/mol. The molecule has 2 unspecified atom stereocenters. The lowest BCUT2D eigenvalue weighted by molar-refractivity contribution is -0.130. The van der Waals surface area contributed by atoms with Gasteiger partial charge in [0, 0.05) is 17.5 Å². The SMILES string of the molecule is CC1CC(NC(=O)C(C)(C)Cc2ccccc2)CCN1.Cl. The Morgan fingerprint density at radius 1 is 1.33 bits per heavy atom. The fourth-order valence-corrected chi connectivity index (χ4v) is 2.83. The summed E-state index contributed by atoms with van der Waals surface area (Å²) in [6.07, 6.45) is 2.82. The number of amides is 1. The minimum atomic E-state index is -0.366. The third-order valence-corrected chi connectivity index (χ3v) is 4.06. The van der Waals surface area contributed by atoms with Crippen LogP contribution >= 0.6 is 12.4 Å². The smallest absolute Gasteiger partial charge is 0.226 e. The van der Waals surface area contributed by atoms with Gasteiger partial charge in [0.05, 0.1) is 0 Å². The van der Waals surface area contributed by atoms with Crippen LogP contribution in [0.4, 0.5) is 0 Å². The van der Waals surface area contributed by atoms with Crippen molar-refractivity contribution in [3.63, 3.8) is 0 Å². The van der Waals surface area contributed by atoms with Gasteiger partial charge < -0.3 is 10.6 Å². The molecule has 0 aliphatic carbocycles. The highest BCUT2D eigenvalue weighted by molar-refractivity contribution is 5.85. The van der Waals surface area contributed by atoms with Crippen molar-refractivity contribution in [3.05, 3.63) is 35.9 Å². The molecule has 1 aliphatic heterocycles. The molecule has 0 radical (unpaired) electrons. The summed E-state index contributed by atoms with van der Waals surface area (Å²) < 4.78 is 0. The lowest BCUT2D eigenvalue weighted by Gasteiger charge is -2.32. The predicted octanol–water partition coefficient (Wildman–Crippen LogP) is 2.93. The molecule has 1 heterocycles. The van der Waals surface area contributed by atoms with Crippen molar-refractivity contribution in [2.24, 2.45) is 5.41 Å². The summed E-state index contributed by atoms with van der Waals surface area (Å²) in [6.45, 7) is 7.22. The number of carbonyl (C=O) groups is 1. The summed E-state index contributed by atoms with van der Waals surface area (Å²) in [5.74, 6) is 0.167. The van der Waals surface area contributed by atoms with Crippen molar-refractivity contribution >= 4 is 18.3 Å². The van der Waals surface area contributed by atoms with Gasteiger partial charge in [-0.1, -0.05) is 44.2 Å². The fraction of sp³-hybridized carbons (Fsp3) is 0.588. The van der Waals surface area contributed by atoms with Gasteiger partial charge in [0.2, 0.25) is 5.91 Å². The molecule has 1 amide bonds. The van der Waals surface area contributed by atoms with Crippen molar-refractivity contribution in [3.8, 4) is 0 Å². The first-order chi connectivity index (χ1) is 9.47. The standard InChI is InChI=1S/C17H26N2O.ClH/c1-13-11-15(9-10-18-13)19-16(20)17(2,3)12-14-7-5-4-6-8-14;/h4-8,13,15,18H,9-12H2,1-3H3,(H,19,20);1H. The quantitative estimate of drug-likeness (QED) is 0.898. The average Bonchev–Trinajstić information content (AvgIpc) is 2.39. The van der Waals surface area contributed by atoms with Crippen LogP contribution in [0, 0.1) is 5.41 Å². The zero-order valence-corrected chi connectivity index (χ0v) is 14.0. The van der Waals surface area contributed by atoms with E-state index in [0.717, 1.165) is 25.8 Å². The van der Waals surface area contributed by atoms with Gasteiger partial charge in [0.1, 0.15) is 0 Å². The molecule has 3 nitrogen and oxygen atoms in total. The molecule has 0 bridgehead atoms. The lowest BCUT2D eigenvalue weighted by Crippen LogP contribution is -2.50. The van der Waals surface area contributed by atoms with Gasteiger partial charge in [-0.25, -0.2) is 0 Å². The molecule has 118 valence electrons. The number of rotatable bonds is 4. The van der Waals surface area contributed by atoms with Crippen molar-refractivity contribution in [1.29, 1.82) is 0 Å². The van der Waals surface area contributed by atoms with Crippen LogP contribution in [0.3, 0.4) is 0 Å². The van der Waals surface area contributed by atoms with Crippen LogP contribution in [0.2, 0.25) is 0 Å². The summed E-state index contributed by atoms with van der Waals surface area (Å²) in [6, 6.07) is 11.0. The zero-order chi connectivity index (χ0) is 14.6. The van der Waals surface area contributed by atoms with Gasteiger partial charge in [0.15, 0.2) is 0 Å². The van der Waals surface area contributed by atoms with E-state index in [9.17, 15) is 4.79 Å². The molecule has 2 atom stereocenters. The van der Waals surface area contributed by atoms with Crippen molar-refractivity contribution in [2.75, 3.05) is 6.54 Å². The molecule has 1 saturated heterocycles. The number of carbonyl (C=O) groups excluding carboxylic acids is 1. The molecule has 2 rings (SSSR count). The molecule has 0 saturated carbocycles. The maximum absolute atomic E-state index is 12.5. The van der Waals surface area contributed by atoms with E-state index in [1.807, 2.05) is 32.0 Å². The third-order valence-electron chi connectivity index (χ3n) is 4.06. The van der Waals surface area contributed by atoms with Gasteiger partial charge >= 0.3 is 0 Å². The molecule has 2 N–H and O–H groups in total. The zero-order valence-electron chi connectivity index (χ0n) is 13.2. The summed E-state index contributed by atoms with van der Waals surface area (Å²) in [4.78, 5) is 12.5. The van der Waals surface area contributed by atoms with E-state index in [1.165, 1.54) is 5.56 Å². The van der Waals surface area contributed by atoms with Gasteiger partial charge in [-0.05, 0) is 38.3 Å². The first kappa shape index (κ1) is 18.0. The second-order valence-electron chi connectivity index (χ2n) is 6.60. The molecular formula is C17H27ClN2O. The Labute approximate surface area is 134 Å². The summed E-state index contributed by atoms with van der Waals surface area (Å²) in [5.41, 5.74) is 0.849. The van der Waals surface area contributed by atoms with E-state index in [4.69, 9.17) is 0 Å². The normalized spacial score (nSPS) is 22.2. The van der Waals surface area contributed by atoms with E-state index in [1.54, 1.807) is 0 Å². The molecule has 1 fully saturated rings. The van der Waals surface area contributed by atoms with Crippen LogP contribution in [0.1, 0.15) is 39.2 Å². The molecule has 1 aromatic carbocycles. The largest absolute Gasteiger partial charge is 0.353 e. The second kappa shape index (κ2) is 7.81. The van der Waals surface area contributed by atoms with Crippen LogP contribution < -0.4 is 10.6 Å². The summed E-state index contributed by atoms with van der Waals surface area (Å²) >= 11 is 0. The first-order valence-electron chi connectivity index (χ1n) is 7.55. The minimum Gasteiger partial charge on any atom is -0.353 e. The Balaban J connectivity index is 0.00000220. The third kappa shape index (κ3) is 5.33. The van der Waals surface area contributed by atoms with Crippen LogP contribution in [0.15, 0.2) is 30.3 Å². The Hall–Kier alpha value is -1.06. The van der Waals surface area contributed by atoms with Gasteiger partial charge in [-0.15, -0.1) is 12.4 Å². The van der Waals surface area contributed by atoms with Crippen molar-refractivity contribution < 1.29 is 4.79 Å². The number of piperidine rings is 1. The van der Waals surface area contributed by atoms with E-state index >= 15 is 0 Å². The molecule has 4 heteroatoms. The molecular weight excluding hydrogens is 284 g/mol. The Morgan fingerprint density at radius 3 is 2.62 bits per heavy atom. The summed E-state index contributed by atoms with van der Waals surface area (Å²) in [7, 11) is 0. The molecule has 21 heavy (non-hydrogen) atoms. The van der Waals surface area contributed by atoms with E-state index in [2.05, 4.69) is 29.7 Å². The monoisotopic (exact) mass is 310 g/mol. The van der Waals surface area contributed by atoms with Crippen LogP contribution in [-0.2, 0) is 11.2 Å². The van der Waals surface area contributed by atoms with Crippen LogP contribution in [0.25, 0.3) is 0 Å². The van der Waals surface area contributed by atoms with E-state index in [-0.39, 0.29) is 23.7 Å². The second-order valence-corrected chi connectivity index (χ2v) is 6.60. The first-order valence-corrected chi connectivity index (χ1v) is 7.55. The number of halogens is 1. The highest BCUT2D eigenvalue weighted by Gasteiger charge is 2.30. The Bertz CT molecular complexity index is 447. The Kier molecular flexibility index (Phi) is 6.69. The van der Waals surface area contributed by atoms with Crippen molar-refractivity contribution in [2.45, 2.75) is 52.1 Å². The number of nitrogens with one attached hydrogen (secondary N) is 2. The number of hydrogen-bond acceptors (Lipinski definition) is 2. The van der Waals surface area contributed by atoms with E-state index < -0.39 is 0 Å². The summed E-state index contributed by atoms with van der Waals surface area (Å²) in [5, 5.41) is 6.64. The predicted molar refractivity (Wildman–Crippen MR) is 89.8 cm³/mol. The topological polar surface area (TPSA) is 41.1 Å².